The van der Waals surface area contributed by atoms with Crippen LogP contribution in [0.15, 0.2) is 60.7 Å². The topological polar surface area (TPSA) is 27.7 Å². The summed E-state index contributed by atoms with van der Waals surface area (Å²) in [6.07, 6.45) is 18.0. The summed E-state index contributed by atoms with van der Waals surface area (Å²) in [7, 11) is 0. The Hall–Kier alpha value is -2.10. The molecule has 3 rings (SSSR count). The zero-order chi connectivity index (χ0) is 26.1. The second kappa shape index (κ2) is 17.4. The molecular weight excluding hydrogens is 456 g/mol. The molecule has 0 bridgehead atoms. The Morgan fingerprint density at radius 3 is 2.16 bits per heavy atom. The van der Waals surface area contributed by atoms with E-state index >= 15 is 0 Å². The number of hydrogen-bond donors (Lipinski definition) is 0. The van der Waals surface area contributed by atoms with E-state index in [-0.39, 0.29) is 6.29 Å². The van der Waals surface area contributed by atoms with E-state index in [0.717, 1.165) is 49.9 Å². The Bertz CT molecular complexity index is 863. The maximum Gasteiger partial charge on any atom is 0.183 e. The van der Waals surface area contributed by atoms with Crippen LogP contribution in [0.3, 0.4) is 0 Å². The molecule has 1 heterocycles. The Labute approximate surface area is 226 Å². The van der Waals surface area contributed by atoms with E-state index in [2.05, 4.69) is 81.5 Å². The molecule has 204 valence electrons. The van der Waals surface area contributed by atoms with Gasteiger partial charge in [0.05, 0.1) is 19.8 Å². The molecule has 2 aromatic rings. The van der Waals surface area contributed by atoms with Crippen LogP contribution in [0, 0.1) is 11.8 Å². The first-order chi connectivity index (χ1) is 18.2. The molecule has 3 heteroatoms. The van der Waals surface area contributed by atoms with Gasteiger partial charge in [-0.3, -0.25) is 0 Å². The summed E-state index contributed by atoms with van der Waals surface area (Å²) in [5.74, 6) is 2.32. The lowest BCUT2D eigenvalue weighted by Crippen LogP contribution is -2.27. The molecule has 0 radical (unpaired) electrons. The van der Waals surface area contributed by atoms with Crippen molar-refractivity contribution in [2.24, 2.45) is 11.8 Å². The van der Waals surface area contributed by atoms with Crippen molar-refractivity contribution in [1.82, 2.24) is 0 Å². The molecule has 0 spiro atoms. The van der Waals surface area contributed by atoms with Gasteiger partial charge in [-0.05, 0) is 61.3 Å². The van der Waals surface area contributed by atoms with Gasteiger partial charge >= 0.3 is 0 Å². The van der Waals surface area contributed by atoms with Crippen molar-refractivity contribution in [1.29, 1.82) is 0 Å². The van der Waals surface area contributed by atoms with Crippen molar-refractivity contribution in [3.63, 3.8) is 0 Å². The van der Waals surface area contributed by atoms with Crippen molar-refractivity contribution >= 4 is 0 Å². The second-order valence-electron chi connectivity index (χ2n) is 10.7. The van der Waals surface area contributed by atoms with Crippen molar-refractivity contribution in [3.05, 3.63) is 66.2 Å². The van der Waals surface area contributed by atoms with Crippen LogP contribution in [0.1, 0.15) is 103 Å². The highest BCUT2D eigenvalue weighted by atomic mass is 16.7. The first kappa shape index (κ1) is 29.5. The first-order valence-electron chi connectivity index (χ1n) is 14.9. The average Bonchev–Trinajstić information content (AvgIpc) is 2.95. The second-order valence-corrected chi connectivity index (χ2v) is 10.7. The number of benzene rings is 2. The van der Waals surface area contributed by atoms with E-state index in [1.165, 1.54) is 68.9 Å². The minimum absolute atomic E-state index is 0.245. The number of unbranched alkanes of at least 4 members (excludes halogenated alkanes) is 5. The highest BCUT2D eigenvalue weighted by Gasteiger charge is 2.23. The van der Waals surface area contributed by atoms with Crippen LogP contribution in [0.25, 0.3) is 11.1 Å². The Kier molecular flexibility index (Phi) is 13.9. The molecule has 0 N–H and O–H groups in total. The van der Waals surface area contributed by atoms with Crippen LogP contribution in [0.4, 0.5) is 0 Å². The van der Waals surface area contributed by atoms with Crippen molar-refractivity contribution in [3.8, 4) is 16.9 Å². The van der Waals surface area contributed by atoms with Crippen molar-refractivity contribution < 1.29 is 14.2 Å². The first-order valence-corrected chi connectivity index (χ1v) is 14.9. The van der Waals surface area contributed by atoms with Crippen molar-refractivity contribution in [2.75, 3.05) is 19.8 Å². The third-order valence-electron chi connectivity index (χ3n) is 7.53. The van der Waals surface area contributed by atoms with Gasteiger partial charge in [0, 0.05) is 11.5 Å². The van der Waals surface area contributed by atoms with Gasteiger partial charge in [0.1, 0.15) is 5.75 Å². The molecule has 0 amide bonds. The van der Waals surface area contributed by atoms with Crippen LogP contribution in [0.2, 0.25) is 0 Å². The summed E-state index contributed by atoms with van der Waals surface area (Å²) in [6, 6.07) is 17.0. The monoisotopic (exact) mass is 506 g/mol. The van der Waals surface area contributed by atoms with E-state index in [9.17, 15) is 0 Å². The molecular formula is C34H50O3. The lowest BCUT2D eigenvalue weighted by Gasteiger charge is -2.29. The molecule has 1 fully saturated rings. The molecule has 0 aromatic heterocycles. The smallest absolute Gasteiger partial charge is 0.183 e. The minimum Gasteiger partial charge on any atom is -0.494 e. The number of rotatable bonds is 17. The SMILES string of the molecule is CCC=CCCCCCC1COC(c2ccc(-c3ccc(OCCCCC[C@@H](C)CC)cc3)cc2)OC1. The molecule has 1 aliphatic rings. The predicted molar refractivity (Wildman–Crippen MR) is 156 cm³/mol. The largest absolute Gasteiger partial charge is 0.494 e. The Morgan fingerprint density at radius 2 is 1.49 bits per heavy atom. The summed E-state index contributed by atoms with van der Waals surface area (Å²) >= 11 is 0. The van der Waals surface area contributed by atoms with E-state index in [4.69, 9.17) is 14.2 Å². The fourth-order valence-electron chi connectivity index (χ4n) is 4.80. The summed E-state index contributed by atoms with van der Waals surface area (Å²) in [5, 5.41) is 0. The summed E-state index contributed by atoms with van der Waals surface area (Å²) in [6.45, 7) is 9.19. The van der Waals surface area contributed by atoms with Gasteiger partial charge in [0.15, 0.2) is 6.29 Å². The molecule has 37 heavy (non-hydrogen) atoms. The van der Waals surface area contributed by atoms with E-state index in [1.54, 1.807) is 0 Å². The molecule has 2 aromatic carbocycles. The standard InChI is InChI=1S/C34H50O3/c1-4-6-7-8-9-10-13-16-29-26-36-34(37-27-29)32-19-17-30(18-20-32)31-21-23-33(24-22-31)35-25-14-11-12-15-28(3)5-2/h6-7,17-24,28-29,34H,4-5,8-16,25-27H2,1-3H3/t28-,29?,34?/m0/s1. The number of ether oxygens (including phenoxy) is 3. The molecule has 0 saturated carbocycles. The van der Waals surface area contributed by atoms with Crippen molar-refractivity contribution in [2.45, 2.75) is 97.7 Å². The zero-order valence-corrected chi connectivity index (χ0v) is 23.6. The van der Waals surface area contributed by atoms with Crippen LogP contribution < -0.4 is 4.74 Å². The van der Waals surface area contributed by atoms with Crippen LogP contribution in [0.5, 0.6) is 5.75 Å². The fourth-order valence-corrected chi connectivity index (χ4v) is 4.80. The summed E-state index contributed by atoms with van der Waals surface area (Å²) < 4.78 is 18.1. The Balaban J connectivity index is 1.34. The lowest BCUT2D eigenvalue weighted by molar-refractivity contribution is -0.206. The van der Waals surface area contributed by atoms with Gasteiger partial charge in [-0.2, -0.15) is 0 Å². The quantitative estimate of drug-likeness (QED) is 0.158. The molecule has 1 aliphatic heterocycles. The average molecular weight is 507 g/mol. The van der Waals surface area contributed by atoms with E-state index in [1.807, 2.05) is 0 Å². The van der Waals surface area contributed by atoms with E-state index in [0.29, 0.717) is 5.92 Å². The number of hydrogen-bond acceptors (Lipinski definition) is 3. The maximum atomic E-state index is 6.08. The molecule has 3 nitrogen and oxygen atoms in total. The molecule has 1 atom stereocenters. The van der Waals surface area contributed by atoms with Gasteiger partial charge in [0.25, 0.3) is 0 Å². The lowest BCUT2D eigenvalue weighted by atomic mass is 10.0. The summed E-state index contributed by atoms with van der Waals surface area (Å²) in [5.41, 5.74) is 3.49. The van der Waals surface area contributed by atoms with Crippen LogP contribution >= 0.6 is 0 Å². The molecule has 1 saturated heterocycles. The fraction of sp³-hybridized carbons (Fsp3) is 0.588. The van der Waals surface area contributed by atoms with Gasteiger partial charge < -0.3 is 14.2 Å². The van der Waals surface area contributed by atoms with Gasteiger partial charge in [0.2, 0.25) is 0 Å². The van der Waals surface area contributed by atoms with Gasteiger partial charge in [-0.1, -0.05) is 108 Å². The highest BCUT2D eigenvalue weighted by Crippen LogP contribution is 2.30. The van der Waals surface area contributed by atoms with Crippen LogP contribution in [-0.4, -0.2) is 19.8 Å². The van der Waals surface area contributed by atoms with E-state index < -0.39 is 0 Å². The predicted octanol–water partition coefficient (Wildman–Crippen LogP) is 9.92. The van der Waals surface area contributed by atoms with Gasteiger partial charge in [-0.25, -0.2) is 0 Å². The summed E-state index contributed by atoms with van der Waals surface area (Å²) in [4.78, 5) is 0. The normalized spacial score (nSPS) is 18.8. The molecule has 0 aliphatic carbocycles. The molecule has 0 unspecified atom stereocenters. The maximum absolute atomic E-state index is 6.08. The zero-order valence-electron chi connectivity index (χ0n) is 23.6. The van der Waals surface area contributed by atoms with Crippen LogP contribution in [-0.2, 0) is 9.47 Å². The minimum atomic E-state index is -0.245. The number of allylic oxidation sites excluding steroid dienone is 2. The highest BCUT2D eigenvalue weighted by molar-refractivity contribution is 5.64. The Morgan fingerprint density at radius 1 is 0.811 bits per heavy atom. The van der Waals surface area contributed by atoms with Gasteiger partial charge in [-0.15, -0.1) is 0 Å². The third kappa shape index (κ3) is 11.0. The third-order valence-corrected chi connectivity index (χ3v) is 7.53.